The standard InChI is InChI=1S/C33H41O6P/c1-36-31(22-38-33(34)30-21-24-13-9-10-18-27(24)28-19-11-12-20-29(28)30)32(37-2)23-39-40(35,25-14-5-3-6-15-25)26-16-7-4-8-17-26/h3-8,14-17,21,29-32H,9-13,18-20,22-23H2,1-2H3/t29-,30-,31+,32+/m0/s1. The van der Waals surface area contributed by atoms with Gasteiger partial charge >= 0.3 is 5.97 Å². The van der Waals surface area contributed by atoms with Gasteiger partial charge < -0.3 is 18.7 Å². The number of rotatable bonds is 11. The molecule has 5 rings (SSSR count). The molecule has 0 amide bonds. The Morgan fingerprint density at radius 3 is 2.08 bits per heavy atom. The topological polar surface area (TPSA) is 71.1 Å². The van der Waals surface area contributed by atoms with E-state index in [1.165, 1.54) is 36.0 Å². The van der Waals surface area contributed by atoms with E-state index in [1.807, 2.05) is 60.7 Å². The first kappa shape index (κ1) is 29.0. The zero-order chi connectivity index (χ0) is 28.0. The van der Waals surface area contributed by atoms with E-state index in [-0.39, 0.29) is 31.0 Å². The molecule has 0 radical (unpaired) electrons. The summed E-state index contributed by atoms with van der Waals surface area (Å²) in [6.45, 7) is 0.0520. The van der Waals surface area contributed by atoms with Crippen molar-refractivity contribution in [3.8, 4) is 0 Å². The summed E-state index contributed by atoms with van der Waals surface area (Å²) in [5.41, 5.74) is 4.41. The first-order valence-electron chi connectivity index (χ1n) is 14.6. The first-order valence-corrected chi connectivity index (χ1v) is 16.2. The van der Waals surface area contributed by atoms with Crippen molar-refractivity contribution in [2.75, 3.05) is 27.4 Å². The Morgan fingerprint density at radius 2 is 1.43 bits per heavy atom. The molecule has 0 unspecified atom stereocenters. The molecule has 0 N–H and O–H groups in total. The lowest BCUT2D eigenvalue weighted by atomic mass is 9.67. The zero-order valence-electron chi connectivity index (χ0n) is 23.6. The quantitative estimate of drug-likeness (QED) is 0.242. The van der Waals surface area contributed by atoms with Crippen molar-refractivity contribution in [2.45, 2.75) is 63.6 Å². The second-order valence-corrected chi connectivity index (χ2v) is 13.4. The first-order chi connectivity index (χ1) is 19.5. The lowest BCUT2D eigenvalue weighted by Gasteiger charge is -2.38. The molecule has 4 atom stereocenters. The van der Waals surface area contributed by atoms with Gasteiger partial charge in [-0.1, -0.05) is 54.5 Å². The molecule has 0 aliphatic heterocycles. The fraction of sp³-hybridized carbons (Fsp3) is 0.485. The summed E-state index contributed by atoms with van der Waals surface area (Å²) in [6, 6.07) is 18.4. The van der Waals surface area contributed by atoms with Crippen molar-refractivity contribution in [2.24, 2.45) is 11.8 Å². The van der Waals surface area contributed by atoms with E-state index in [1.54, 1.807) is 14.2 Å². The summed E-state index contributed by atoms with van der Waals surface area (Å²) in [6.07, 6.45) is 10.2. The molecule has 3 aliphatic carbocycles. The fourth-order valence-electron chi connectivity index (χ4n) is 6.49. The number of allylic oxidation sites excluding steroid dienone is 3. The SMILES string of the molecule is CO[C@H](COC(=O)[C@H]1C=C2CCCCC2=C2CCCC[C@@H]21)[C@@H](COP(=O)(c1ccccc1)c1ccccc1)OC. The number of esters is 1. The van der Waals surface area contributed by atoms with E-state index in [4.69, 9.17) is 18.7 Å². The normalized spacial score (nSPS) is 22.5. The Hall–Kier alpha value is -2.50. The summed E-state index contributed by atoms with van der Waals surface area (Å²) in [5.74, 6) is -0.180. The minimum Gasteiger partial charge on any atom is -0.462 e. The molecule has 3 aliphatic rings. The predicted octanol–water partition coefficient (Wildman–Crippen LogP) is 6.12. The highest BCUT2D eigenvalue weighted by Crippen LogP contribution is 2.47. The van der Waals surface area contributed by atoms with Gasteiger partial charge in [-0.25, -0.2) is 0 Å². The van der Waals surface area contributed by atoms with Crippen LogP contribution in [0.3, 0.4) is 0 Å². The maximum absolute atomic E-state index is 14.3. The van der Waals surface area contributed by atoms with E-state index in [0.29, 0.717) is 10.6 Å². The number of methoxy groups -OCH3 is 2. The molecule has 2 fully saturated rings. The zero-order valence-corrected chi connectivity index (χ0v) is 24.5. The molecule has 2 aromatic rings. The maximum Gasteiger partial charge on any atom is 0.313 e. The Kier molecular flexibility index (Phi) is 9.75. The van der Waals surface area contributed by atoms with Crippen LogP contribution in [0.15, 0.2) is 83.5 Å². The van der Waals surface area contributed by atoms with Gasteiger partial charge in [0.1, 0.15) is 18.8 Å². The molecule has 0 saturated heterocycles. The monoisotopic (exact) mass is 564 g/mol. The number of benzene rings is 2. The minimum atomic E-state index is -3.39. The predicted molar refractivity (Wildman–Crippen MR) is 157 cm³/mol. The van der Waals surface area contributed by atoms with Crippen molar-refractivity contribution in [1.82, 2.24) is 0 Å². The molecule has 0 spiro atoms. The van der Waals surface area contributed by atoms with E-state index < -0.39 is 19.6 Å². The molecular formula is C33H41O6P. The van der Waals surface area contributed by atoms with Crippen molar-refractivity contribution < 1.29 is 28.1 Å². The molecule has 214 valence electrons. The molecule has 0 bridgehead atoms. The number of carbonyl (C=O) groups is 1. The molecule has 2 aromatic carbocycles. The molecule has 2 saturated carbocycles. The van der Waals surface area contributed by atoms with Gasteiger partial charge in [-0.05, 0) is 86.3 Å². The Labute approximate surface area is 238 Å². The molecular weight excluding hydrogens is 523 g/mol. The van der Waals surface area contributed by atoms with Gasteiger partial charge in [0.2, 0.25) is 0 Å². The van der Waals surface area contributed by atoms with Crippen LogP contribution in [0.1, 0.15) is 51.4 Å². The third-order valence-electron chi connectivity index (χ3n) is 8.67. The van der Waals surface area contributed by atoms with Crippen LogP contribution >= 0.6 is 7.37 Å². The van der Waals surface area contributed by atoms with E-state index >= 15 is 0 Å². The third-order valence-corrected chi connectivity index (χ3v) is 11.1. The number of ether oxygens (including phenoxy) is 3. The lowest BCUT2D eigenvalue weighted by molar-refractivity contribution is -0.156. The van der Waals surface area contributed by atoms with Gasteiger partial charge in [0.15, 0.2) is 0 Å². The Bertz CT molecular complexity index is 1210. The second kappa shape index (κ2) is 13.4. The average Bonchev–Trinajstić information content (AvgIpc) is 3.02. The van der Waals surface area contributed by atoms with E-state index in [0.717, 1.165) is 32.1 Å². The van der Waals surface area contributed by atoms with Crippen LogP contribution < -0.4 is 10.6 Å². The smallest absolute Gasteiger partial charge is 0.313 e. The van der Waals surface area contributed by atoms with E-state index in [9.17, 15) is 9.36 Å². The third kappa shape index (κ3) is 6.21. The molecule has 0 aromatic heterocycles. The number of hydrogen-bond acceptors (Lipinski definition) is 6. The molecule has 6 nitrogen and oxygen atoms in total. The van der Waals surface area contributed by atoms with Crippen LogP contribution in [0.25, 0.3) is 0 Å². The summed E-state index contributed by atoms with van der Waals surface area (Å²) in [5, 5.41) is 1.22. The average molecular weight is 565 g/mol. The highest BCUT2D eigenvalue weighted by Gasteiger charge is 2.39. The highest BCUT2D eigenvalue weighted by molar-refractivity contribution is 7.74. The van der Waals surface area contributed by atoms with Crippen molar-refractivity contribution in [3.05, 3.63) is 83.5 Å². The molecule has 7 heteroatoms. The van der Waals surface area contributed by atoms with Crippen LogP contribution in [-0.2, 0) is 28.1 Å². The minimum absolute atomic E-state index is 0.0139. The summed E-state index contributed by atoms with van der Waals surface area (Å²) in [7, 11) is -0.259. The number of hydrogen-bond donors (Lipinski definition) is 0. The summed E-state index contributed by atoms with van der Waals surface area (Å²) >= 11 is 0. The largest absolute Gasteiger partial charge is 0.462 e. The number of fused-ring (bicyclic) bond motifs is 2. The highest BCUT2D eigenvalue weighted by atomic mass is 31.2. The Balaban J connectivity index is 1.26. The summed E-state index contributed by atoms with van der Waals surface area (Å²) in [4.78, 5) is 13.5. The summed E-state index contributed by atoms with van der Waals surface area (Å²) < 4.78 is 37.8. The van der Waals surface area contributed by atoms with Gasteiger partial charge in [-0.2, -0.15) is 0 Å². The van der Waals surface area contributed by atoms with E-state index in [2.05, 4.69) is 6.08 Å². The Morgan fingerprint density at radius 1 is 0.825 bits per heavy atom. The van der Waals surface area contributed by atoms with Crippen molar-refractivity contribution in [1.29, 1.82) is 0 Å². The second-order valence-electron chi connectivity index (χ2n) is 11.0. The number of carbonyl (C=O) groups excluding carboxylic acids is 1. The van der Waals surface area contributed by atoms with Crippen molar-refractivity contribution in [3.63, 3.8) is 0 Å². The van der Waals surface area contributed by atoms with Crippen LogP contribution in [0, 0.1) is 11.8 Å². The van der Waals surface area contributed by atoms with Crippen LogP contribution in [0.2, 0.25) is 0 Å². The van der Waals surface area contributed by atoms with Gasteiger partial charge in [0, 0.05) is 24.8 Å². The maximum atomic E-state index is 14.3. The van der Waals surface area contributed by atoms with Crippen LogP contribution in [-0.4, -0.2) is 45.6 Å². The molecule has 40 heavy (non-hydrogen) atoms. The van der Waals surface area contributed by atoms with Gasteiger partial charge in [0.25, 0.3) is 7.37 Å². The van der Waals surface area contributed by atoms with Gasteiger partial charge in [-0.3, -0.25) is 9.36 Å². The van der Waals surface area contributed by atoms with Crippen molar-refractivity contribution >= 4 is 23.9 Å². The van der Waals surface area contributed by atoms with Gasteiger partial charge in [0.05, 0.1) is 12.5 Å². The lowest BCUT2D eigenvalue weighted by Crippen LogP contribution is -2.40. The van der Waals surface area contributed by atoms with Gasteiger partial charge in [-0.15, -0.1) is 0 Å². The molecule has 0 heterocycles. The van der Waals surface area contributed by atoms with Crippen LogP contribution in [0.4, 0.5) is 0 Å². The fourth-order valence-corrected chi connectivity index (χ4v) is 8.58. The van der Waals surface area contributed by atoms with Crippen LogP contribution in [0.5, 0.6) is 0 Å².